The third-order valence-electron chi connectivity index (χ3n) is 3.02. The molecule has 0 aliphatic rings. The zero-order chi connectivity index (χ0) is 10.8. The Morgan fingerprint density at radius 1 is 1.07 bits per heavy atom. The van der Waals surface area contributed by atoms with E-state index in [2.05, 4.69) is 50.2 Å². The first kappa shape index (κ1) is 10.2. The molecular formula is C14H17N. The second-order valence-corrected chi connectivity index (χ2v) is 4.03. The van der Waals surface area contributed by atoms with Gasteiger partial charge >= 0.3 is 0 Å². The minimum absolute atomic E-state index is 0.149. The number of nitrogens with two attached hydrogens (primary N) is 1. The lowest BCUT2D eigenvalue weighted by Gasteiger charge is -2.13. The van der Waals surface area contributed by atoms with Crippen LogP contribution in [0.15, 0.2) is 36.4 Å². The minimum Gasteiger partial charge on any atom is -0.324 e. The molecule has 0 bridgehead atoms. The van der Waals surface area contributed by atoms with Crippen molar-refractivity contribution in [2.75, 3.05) is 0 Å². The van der Waals surface area contributed by atoms with Crippen LogP contribution in [0.5, 0.6) is 0 Å². The van der Waals surface area contributed by atoms with Crippen molar-refractivity contribution in [1.29, 1.82) is 0 Å². The van der Waals surface area contributed by atoms with Gasteiger partial charge in [-0.2, -0.15) is 0 Å². The van der Waals surface area contributed by atoms with Crippen LogP contribution in [0.3, 0.4) is 0 Å². The third kappa shape index (κ3) is 1.75. The summed E-state index contributed by atoms with van der Waals surface area (Å²) in [6, 6.07) is 12.9. The van der Waals surface area contributed by atoms with Gasteiger partial charge in [-0.05, 0) is 35.2 Å². The molecule has 2 N–H and O–H groups in total. The highest BCUT2D eigenvalue weighted by molar-refractivity contribution is 5.88. The Kier molecular flexibility index (Phi) is 2.74. The predicted octanol–water partition coefficient (Wildman–Crippen LogP) is 3.56. The van der Waals surface area contributed by atoms with Crippen molar-refractivity contribution in [2.45, 2.75) is 26.3 Å². The molecule has 1 atom stereocenters. The summed E-state index contributed by atoms with van der Waals surface area (Å²) in [6.07, 6.45) is 0.979. The number of hydrogen-bond donors (Lipinski definition) is 1. The molecule has 1 nitrogen and oxygen atoms in total. The van der Waals surface area contributed by atoms with Gasteiger partial charge in [0.1, 0.15) is 0 Å². The van der Waals surface area contributed by atoms with Crippen molar-refractivity contribution in [3.8, 4) is 0 Å². The van der Waals surface area contributed by atoms with Gasteiger partial charge in [-0.1, -0.05) is 43.3 Å². The minimum atomic E-state index is 0.149. The molecule has 1 heteroatoms. The van der Waals surface area contributed by atoms with E-state index in [9.17, 15) is 0 Å². The van der Waals surface area contributed by atoms with Crippen molar-refractivity contribution in [1.82, 2.24) is 0 Å². The molecule has 15 heavy (non-hydrogen) atoms. The van der Waals surface area contributed by atoms with Crippen LogP contribution >= 0.6 is 0 Å². The molecular weight excluding hydrogens is 182 g/mol. The fraction of sp³-hybridized carbons (Fsp3) is 0.286. The lowest BCUT2D eigenvalue weighted by Crippen LogP contribution is -2.09. The summed E-state index contributed by atoms with van der Waals surface area (Å²) in [5.74, 6) is 0. The van der Waals surface area contributed by atoms with E-state index in [4.69, 9.17) is 5.73 Å². The van der Waals surface area contributed by atoms with Crippen LogP contribution in [-0.2, 0) is 0 Å². The van der Waals surface area contributed by atoms with E-state index in [0.29, 0.717) is 0 Å². The van der Waals surface area contributed by atoms with Crippen LogP contribution in [0.1, 0.15) is 30.5 Å². The molecule has 78 valence electrons. The van der Waals surface area contributed by atoms with E-state index in [-0.39, 0.29) is 6.04 Å². The Bertz CT molecular complexity index is 474. The fourth-order valence-electron chi connectivity index (χ4n) is 2.02. The van der Waals surface area contributed by atoms with Gasteiger partial charge < -0.3 is 5.73 Å². The van der Waals surface area contributed by atoms with Gasteiger partial charge in [0.2, 0.25) is 0 Å². The Balaban J connectivity index is 2.71. The fourth-order valence-corrected chi connectivity index (χ4v) is 2.02. The first-order chi connectivity index (χ1) is 7.24. The van der Waals surface area contributed by atoms with Gasteiger partial charge in [0, 0.05) is 6.04 Å². The molecule has 2 aromatic rings. The molecule has 0 aromatic heterocycles. The highest BCUT2D eigenvalue weighted by Crippen LogP contribution is 2.26. The van der Waals surface area contributed by atoms with Crippen LogP contribution in [0.2, 0.25) is 0 Å². The zero-order valence-corrected chi connectivity index (χ0v) is 9.33. The number of fused-ring (bicyclic) bond motifs is 1. The molecule has 0 unspecified atom stereocenters. The van der Waals surface area contributed by atoms with Gasteiger partial charge in [-0.25, -0.2) is 0 Å². The Morgan fingerprint density at radius 2 is 1.73 bits per heavy atom. The molecule has 2 aromatic carbocycles. The molecule has 0 heterocycles. The van der Waals surface area contributed by atoms with Crippen molar-refractivity contribution in [3.05, 3.63) is 47.5 Å². The highest BCUT2D eigenvalue weighted by Gasteiger charge is 2.08. The number of aryl methyl sites for hydroxylation is 1. The average Bonchev–Trinajstić information content (AvgIpc) is 2.29. The summed E-state index contributed by atoms with van der Waals surface area (Å²) >= 11 is 0. The maximum absolute atomic E-state index is 6.11. The second-order valence-electron chi connectivity index (χ2n) is 4.03. The van der Waals surface area contributed by atoms with Crippen molar-refractivity contribution in [2.24, 2.45) is 5.73 Å². The number of rotatable bonds is 2. The van der Waals surface area contributed by atoms with E-state index in [1.54, 1.807) is 0 Å². The van der Waals surface area contributed by atoms with Crippen LogP contribution in [0, 0.1) is 6.92 Å². The molecule has 0 saturated heterocycles. The first-order valence-corrected chi connectivity index (χ1v) is 5.48. The molecule has 0 fully saturated rings. The topological polar surface area (TPSA) is 26.0 Å². The number of benzene rings is 2. The summed E-state index contributed by atoms with van der Waals surface area (Å²) in [6.45, 7) is 4.27. The maximum atomic E-state index is 6.11. The lowest BCUT2D eigenvalue weighted by atomic mass is 9.95. The second kappa shape index (κ2) is 4.03. The van der Waals surface area contributed by atoms with Crippen LogP contribution < -0.4 is 5.73 Å². The largest absolute Gasteiger partial charge is 0.324 e. The number of hydrogen-bond acceptors (Lipinski definition) is 1. The van der Waals surface area contributed by atoms with E-state index >= 15 is 0 Å². The average molecular weight is 199 g/mol. The Labute approximate surface area is 90.9 Å². The van der Waals surface area contributed by atoms with Gasteiger partial charge in [0.15, 0.2) is 0 Å². The Hall–Kier alpha value is -1.34. The van der Waals surface area contributed by atoms with E-state index in [1.165, 1.54) is 21.9 Å². The summed E-state index contributed by atoms with van der Waals surface area (Å²) < 4.78 is 0. The molecule has 0 saturated carbocycles. The van der Waals surface area contributed by atoms with E-state index < -0.39 is 0 Å². The highest BCUT2D eigenvalue weighted by atomic mass is 14.6. The smallest absolute Gasteiger partial charge is 0.0298 e. The monoisotopic (exact) mass is 199 g/mol. The summed E-state index contributed by atoms with van der Waals surface area (Å²) in [4.78, 5) is 0. The third-order valence-corrected chi connectivity index (χ3v) is 3.02. The van der Waals surface area contributed by atoms with Gasteiger partial charge in [0.25, 0.3) is 0 Å². The van der Waals surface area contributed by atoms with Gasteiger partial charge in [0.05, 0.1) is 0 Å². The zero-order valence-electron chi connectivity index (χ0n) is 9.33. The maximum Gasteiger partial charge on any atom is 0.0298 e. The van der Waals surface area contributed by atoms with Gasteiger partial charge in [-0.15, -0.1) is 0 Å². The predicted molar refractivity (Wildman–Crippen MR) is 65.9 cm³/mol. The van der Waals surface area contributed by atoms with E-state index in [0.717, 1.165) is 6.42 Å². The first-order valence-electron chi connectivity index (χ1n) is 5.48. The summed E-state index contributed by atoms with van der Waals surface area (Å²) in [5.41, 5.74) is 8.69. The van der Waals surface area contributed by atoms with Crippen LogP contribution in [0.4, 0.5) is 0 Å². The molecule has 0 amide bonds. The van der Waals surface area contributed by atoms with Crippen molar-refractivity contribution < 1.29 is 0 Å². The Morgan fingerprint density at radius 3 is 2.40 bits per heavy atom. The molecule has 2 rings (SSSR count). The SMILES string of the molecule is CC[C@H](N)c1ccc(C)c2ccccc12. The molecule has 0 spiro atoms. The molecule has 0 radical (unpaired) electrons. The summed E-state index contributed by atoms with van der Waals surface area (Å²) in [7, 11) is 0. The van der Waals surface area contributed by atoms with Crippen molar-refractivity contribution >= 4 is 10.8 Å². The standard InChI is InChI=1S/C14H17N/c1-3-14(15)13-9-8-10(2)11-6-4-5-7-12(11)13/h4-9,14H,3,15H2,1-2H3/t14-/m0/s1. The summed E-state index contributed by atoms with van der Waals surface area (Å²) in [5, 5.41) is 2.62. The molecule has 0 aliphatic carbocycles. The lowest BCUT2D eigenvalue weighted by molar-refractivity contribution is 0.704. The quantitative estimate of drug-likeness (QED) is 0.786. The molecule has 0 aliphatic heterocycles. The van der Waals surface area contributed by atoms with Crippen LogP contribution in [-0.4, -0.2) is 0 Å². The normalized spacial score (nSPS) is 13.0. The van der Waals surface area contributed by atoms with Crippen LogP contribution in [0.25, 0.3) is 10.8 Å². The van der Waals surface area contributed by atoms with Gasteiger partial charge in [-0.3, -0.25) is 0 Å². The van der Waals surface area contributed by atoms with E-state index in [1.807, 2.05) is 0 Å². The van der Waals surface area contributed by atoms with Crippen molar-refractivity contribution in [3.63, 3.8) is 0 Å².